The fourth-order valence-electron chi connectivity index (χ4n) is 2.68. The van der Waals surface area contributed by atoms with Crippen LogP contribution >= 0.6 is 0 Å². The Labute approximate surface area is 125 Å². The van der Waals surface area contributed by atoms with Gasteiger partial charge in [0.1, 0.15) is 0 Å². The van der Waals surface area contributed by atoms with E-state index in [1.54, 1.807) is 18.2 Å². The Bertz CT molecular complexity index is 604. The summed E-state index contributed by atoms with van der Waals surface area (Å²) in [4.78, 5) is 11.7. The first kappa shape index (κ1) is 16.0. The molecule has 5 nitrogen and oxygen atoms in total. The molecule has 0 unspecified atom stereocenters. The Morgan fingerprint density at radius 2 is 1.90 bits per heavy atom. The van der Waals surface area contributed by atoms with Crippen LogP contribution in [0.5, 0.6) is 0 Å². The number of esters is 1. The molecule has 0 amide bonds. The quantitative estimate of drug-likeness (QED) is 0.863. The molecular formula is C15H21NO4S. The first-order valence-electron chi connectivity index (χ1n) is 7.09. The standard InChI is InChI=1S/C15H21NO4S/c1-11-4-3-5-14(10-11)21(18,19)16-13-8-6-12(7-9-13)15(17)20-2/h3-5,10,12-13,16H,6-9H2,1-2H3. The zero-order valence-electron chi connectivity index (χ0n) is 12.3. The number of carbonyl (C=O) groups excluding carboxylic acids is 1. The highest BCUT2D eigenvalue weighted by Crippen LogP contribution is 2.26. The van der Waals surface area contributed by atoms with Crippen molar-refractivity contribution in [3.63, 3.8) is 0 Å². The summed E-state index contributed by atoms with van der Waals surface area (Å²) in [7, 11) is -2.11. The maximum Gasteiger partial charge on any atom is 0.308 e. The molecule has 0 bridgehead atoms. The molecule has 0 atom stereocenters. The Kier molecular flexibility index (Phi) is 5.00. The predicted octanol–water partition coefficient (Wildman–Crippen LogP) is 2.01. The first-order chi connectivity index (χ1) is 9.92. The minimum Gasteiger partial charge on any atom is -0.469 e. The lowest BCUT2D eigenvalue weighted by atomic mass is 9.86. The molecule has 1 aliphatic rings. The van der Waals surface area contributed by atoms with Crippen LogP contribution in [-0.2, 0) is 19.6 Å². The van der Waals surface area contributed by atoms with Gasteiger partial charge in [0.05, 0.1) is 17.9 Å². The number of nitrogens with one attached hydrogen (secondary N) is 1. The van der Waals surface area contributed by atoms with E-state index in [9.17, 15) is 13.2 Å². The van der Waals surface area contributed by atoms with Gasteiger partial charge in [0.15, 0.2) is 0 Å². The van der Waals surface area contributed by atoms with Crippen molar-refractivity contribution >= 4 is 16.0 Å². The van der Waals surface area contributed by atoms with Crippen molar-refractivity contribution in [2.24, 2.45) is 5.92 Å². The van der Waals surface area contributed by atoms with Gasteiger partial charge in [0.2, 0.25) is 10.0 Å². The number of carbonyl (C=O) groups is 1. The van der Waals surface area contributed by atoms with Crippen molar-refractivity contribution < 1.29 is 17.9 Å². The van der Waals surface area contributed by atoms with E-state index in [-0.39, 0.29) is 22.8 Å². The molecule has 116 valence electrons. The second-order valence-electron chi connectivity index (χ2n) is 5.51. The molecule has 0 spiro atoms. The maximum absolute atomic E-state index is 12.3. The number of benzene rings is 1. The van der Waals surface area contributed by atoms with E-state index in [1.807, 2.05) is 13.0 Å². The van der Waals surface area contributed by atoms with Crippen LogP contribution in [0.1, 0.15) is 31.2 Å². The molecule has 0 radical (unpaired) electrons. The molecule has 0 aliphatic heterocycles. The molecule has 21 heavy (non-hydrogen) atoms. The maximum atomic E-state index is 12.3. The third kappa shape index (κ3) is 4.04. The second kappa shape index (κ2) is 6.58. The van der Waals surface area contributed by atoms with Gasteiger partial charge in [-0.3, -0.25) is 4.79 Å². The summed E-state index contributed by atoms with van der Waals surface area (Å²) in [6, 6.07) is 6.73. The smallest absolute Gasteiger partial charge is 0.308 e. The zero-order valence-corrected chi connectivity index (χ0v) is 13.2. The Morgan fingerprint density at radius 3 is 2.48 bits per heavy atom. The summed E-state index contributed by atoms with van der Waals surface area (Å²) in [6.45, 7) is 1.86. The molecule has 6 heteroatoms. The van der Waals surface area contributed by atoms with E-state index in [0.717, 1.165) is 5.56 Å². The summed E-state index contributed by atoms with van der Waals surface area (Å²) in [5.74, 6) is -0.301. The van der Waals surface area contributed by atoms with E-state index >= 15 is 0 Å². The number of methoxy groups -OCH3 is 1. The van der Waals surface area contributed by atoms with Gasteiger partial charge in [0.25, 0.3) is 0 Å². The van der Waals surface area contributed by atoms with Crippen molar-refractivity contribution in [1.29, 1.82) is 0 Å². The summed E-state index contributed by atoms with van der Waals surface area (Å²) < 4.78 is 32.1. The van der Waals surface area contributed by atoms with Gasteiger partial charge in [-0.1, -0.05) is 12.1 Å². The average Bonchev–Trinajstić information content (AvgIpc) is 2.47. The van der Waals surface area contributed by atoms with Gasteiger partial charge in [-0.25, -0.2) is 13.1 Å². The number of hydrogen-bond donors (Lipinski definition) is 1. The molecule has 1 saturated carbocycles. The van der Waals surface area contributed by atoms with E-state index in [0.29, 0.717) is 25.7 Å². The average molecular weight is 311 g/mol. The van der Waals surface area contributed by atoms with Crippen molar-refractivity contribution in [3.05, 3.63) is 29.8 Å². The molecule has 1 N–H and O–H groups in total. The third-order valence-corrected chi connectivity index (χ3v) is 5.40. The van der Waals surface area contributed by atoms with Crippen molar-refractivity contribution in [1.82, 2.24) is 4.72 Å². The normalized spacial score (nSPS) is 22.8. The Morgan fingerprint density at radius 1 is 1.24 bits per heavy atom. The first-order valence-corrected chi connectivity index (χ1v) is 8.57. The molecular weight excluding hydrogens is 290 g/mol. The van der Waals surface area contributed by atoms with E-state index < -0.39 is 10.0 Å². The molecule has 1 aliphatic carbocycles. The van der Waals surface area contributed by atoms with Gasteiger partial charge < -0.3 is 4.74 Å². The summed E-state index contributed by atoms with van der Waals surface area (Å²) in [6.07, 6.45) is 2.64. The van der Waals surface area contributed by atoms with Crippen molar-refractivity contribution in [2.45, 2.75) is 43.5 Å². The number of sulfonamides is 1. The minimum absolute atomic E-state index is 0.102. The SMILES string of the molecule is COC(=O)C1CCC(NS(=O)(=O)c2cccc(C)c2)CC1. The van der Waals surface area contributed by atoms with Crippen LogP contribution in [0, 0.1) is 12.8 Å². The van der Waals surface area contributed by atoms with Gasteiger partial charge in [0, 0.05) is 6.04 Å². The molecule has 0 saturated heterocycles. The number of hydrogen-bond acceptors (Lipinski definition) is 4. The largest absolute Gasteiger partial charge is 0.469 e. The van der Waals surface area contributed by atoms with Gasteiger partial charge in [-0.05, 0) is 50.3 Å². The summed E-state index contributed by atoms with van der Waals surface area (Å²) >= 11 is 0. The lowest BCUT2D eigenvalue weighted by Crippen LogP contribution is -2.38. The van der Waals surface area contributed by atoms with Crippen molar-refractivity contribution in [3.8, 4) is 0 Å². The molecule has 2 rings (SSSR count). The van der Waals surface area contributed by atoms with Gasteiger partial charge in [-0.15, -0.1) is 0 Å². The second-order valence-corrected chi connectivity index (χ2v) is 7.22. The van der Waals surface area contributed by atoms with Crippen molar-refractivity contribution in [2.75, 3.05) is 7.11 Å². The van der Waals surface area contributed by atoms with Crippen LogP contribution in [0.3, 0.4) is 0 Å². The minimum atomic E-state index is -3.49. The molecule has 0 heterocycles. The Hall–Kier alpha value is -1.40. The fraction of sp³-hybridized carbons (Fsp3) is 0.533. The monoisotopic (exact) mass is 311 g/mol. The zero-order chi connectivity index (χ0) is 15.5. The highest BCUT2D eigenvalue weighted by molar-refractivity contribution is 7.89. The predicted molar refractivity (Wildman–Crippen MR) is 79.3 cm³/mol. The van der Waals surface area contributed by atoms with Gasteiger partial charge in [-0.2, -0.15) is 0 Å². The molecule has 1 aromatic rings. The van der Waals surface area contributed by atoms with Gasteiger partial charge >= 0.3 is 5.97 Å². The number of rotatable bonds is 4. The Balaban J connectivity index is 1.98. The highest BCUT2D eigenvalue weighted by atomic mass is 32.2. The summed E-state index contributed by atoms with van der Waals surface area (Å²) in [5.41, 5.74) is 0.910. The molecule has 1 fully saturated rings. The fourth-order valence-corrected chi connectivity index (χ4v) is 4.09. The number of aryl methyl sites for hydroxylation is 1. The topological polar surface area (TPSA) is 72.5 Å². The van der Waals surface area contributed by atoms with Crippen LogP contribution < -0.4 is 4.72 Å². The molecule has 0 aromatic heterocycles. The summed E-state index contributed by atoms with van der Waals surface area (Å²) in [5, 5.41) is 0. The van der Waals surface area contributed by atoms with E-state index in [1.165, 1.54) is 7.11 Å². The van der Waals surface area contributed by atoms with E-state index in [2.05, 4.69) is 4.72 Å². The third-order valence-electron chi connectivity index (χ3n) is 3.88. The van der Waals surface area contributed by atoms with Crippen LogP contribution in [0.4, 0.5) is 0 Å². The van der Waals surface area contributed by atoms with Crippen LogP contribution in [0.15, 0.2) is 29.2 Å². The molecule has 1 aromatic carbocycles. The lowest BCUT2D eigenvalue weighted by Gasteiger charge is -2.27. The van der Waals surface area contributed by atoms with E-state index in [4.69, 9.17) is 4.74 Å². The van der Waals surface area contributed by atoms with Crippen LogP contribution in [-0.4, -0.2) is 27.5 Å². The number of ether oxygens (including phenoxy) is 1. The lowest BCUT2D eigenvalue weighted by molar-refractivity contribution is -0.146. The highest BCUT2D eigenvalue weighted by Gasteiger charge is 2.29. The van der Waals surface area contributed by atoms with Crippen LogP contribution in [0.2, 0.25) is 0 Å². The van der Waals surface area contributed by atoms with Crippen LogP contribution in [0.25, 0.3) is 0 Å².